The number of carbonyl (C=O) groups is 2. The van der Waals surface area contributed by atoms with E-state index in [1.807, 2.05) is 0 Å². The molecule has 0 atom stereocenters. The Bertz CT molecular complexity index is 1370. The molecule has 0 bridgehead atoms. The lowest BCUT2D eigenvalue weighted by molar-refractivity contribution is 0.0990. The average molecular weight is 487 g/mol. The highest BCUT2D eigenvalue weighted by Crippen LogP contribution is 2.21. The van der Waals surface area contributed by atoms with Crippen molar-refractivity contribution in [2.24, 2.45) is 0 Å². The van der Waals surface area contributed by atoms with Crippen LogP contribution in [-0.2, 0) is 13.2 Å². The number of hydrogen-bond donors (Lipinski definition) is 1. The maximum absolute atomic E-state index is 13.9. The van der Waals surface area contributed by atoms with E-state index in [1.165, 1.54) is 25.3 Å². The molecule has 7 nitrogen and oxygen atoms in total. The number of carbonyl (C=O) groups excluding carboxylic acids is 2. The van der Waals surface area contributed by atoms with Crippen LogP contribution in [0.5, 0.6) is 5.75 Å². The molecule has 1 amide bonds. The molecule has 4 rings (SSSR count). The van der Waals surface area contributed by atoms with E-state index in [1.54, 1.807) is 30.3 Å². The summed E-state index contributed by atoms with van der Waals surface area (Å²) in [5, 5.41) is 6.38. The van der Waals surface area contributed by atoms with E-state index in [0.717, 1.165) is 4.68 Å². The van der Waals surface area contributed by atoms with Crippen molar-refractivity contribution >= 4 is 17.5 Å². The third kappa shape index (κ3) is 5.40. The highest BCUT2D eigenvalue weighted by molar-refractivity contribution is 6.01. The monoisotopic (exact) mass is 487 g/mol. The van der Waals surface area contributed by atoms with E-state index in [2.05, 4.69) is 10.4 Å². The number of ether oxygens (including phenoxy) is 1. The maximum Gasteiger partial charge on any atom is 0.292 e. The van der Waals surface area contributed by atoms with Gasteiger partial charge >= 0.3 is 0 Å². The predicted octanol–water partition coefficient (Wildman–Crippen LogP) is 5.11. The molecule has 2 aromatic carbocycles. The van der Waals surface area contributed by atoms with Gasteiger partial charge in [-0.05, 0) is 43.3 Å². The van der Waals surface area contributed by atoms with E-state index in [4.69, 9.17) is 9.15 Å². The number of rotatable bonds is 8. The van der Waals surface area contributed by atoms with Crippen LogP contribution in [0.25, 0.3) is 0 Å². The zero-order chi connectivity index (χ0) is 25.1. The lowest BCUT2D eigenvalue weighted by atomic mass is 10.1. The van der Waals surface area contributed by atoms with Gasteiger partial charge in [-0.1, -0.05) is 0 Å². The zero-order valence-corrected chi connectivity index (χ0v) is 18.1. The fraction of sp³-hybridized carbons (Fsp3) is 0.125. The highest BCUT2D eigenvalue weighted by Gasteiger charge is 2.20. The number of nitrogens with one attached hydrogen (secondary N) is 1. The summed E-state index contributed by atoms with van der Waals surface area (Å²) in [4.78, 5) is 23.7. The van der Waals surface area contributed by atoms with Gasteiger partial charge < -0.3 is 14.5 Å². The van der Waals surface area contributed by atoms with Crippen molar-refractivity contribution in [3.05, 3.63) is 101 Å². The van der Waals surface area contributed by atoms with Gasteiger partial charge in [0.05, 0.1) is 12.1 Å². The van der Waals surface area contributed by atoms with Gasteiger partial charge in [-0.15, -0.1) is 0 Å². The Hall–Kier alpha value is -4.41. The predicted molar refractivity (Wildman–Crippen MR) is 115 cm³/mol. The van der Waals surface area contributed by atoms with Crippen molar-refractivity contribution in [1.29, 1.82) is 0 Å². The van der Waals surface area contributed by atoms with Crippen molar-refractivity contribution in [1.82, 2.24) is 9.78 Å². The van der Waals surface area contributed by atoms with Crippen molar-refractivity contribution in [2.75, 3.05) is 5.32 Å². The second kappa shape index (κ2) is 9.84. The fourth-order valence-corrected chi connectivity index (χ4v) is 3.14. The van der Waals surface area contributed by atoms with Crippen LogP contribution >= 0.6 is 0 Å². The normalized spacial score (nSPS) is 10.9. The molecule has 0 spiro atoms. The number of halogens is 4. The summed E-state index contributed by atoms with van der Waals surface area (Å²) in [6.07, 6.45) is 1.27. The Morgan fingerprint density at radius 2 is 1.69 bits per heavy atom. The number of furan rings is 1. The van der Waals surface area contributed by atoms with E-state index in [0.29, 0.717) is 17.1 Å². The number of anilines is 1. The molecule has 0 unspecified atom stereocenters. The topological polar surface area (TPSA) is 86.4 Å². The zero-order valence-electron chi connectivity index (χ0n) is 18.1. The first-order valence-electron chi connectivity index (χ1n) is 10.2. The third-order valence-corrected chi connectivity index (χ3v) is 4.93. The lowest BCUT2D eigenvalue weighted by Gasteiger charge is -2.07. The number of amides is 1. The van der Waals surface area contributed by atoms with Gasteiger partial charge in [-0.25, -0.2) is 17.6 Å². The number of aromatic nitrogens is 2. The third-order valence-electron chi connectivity index (χ3n) is 4.93. The SMILES string of the molecule is CC(=O)c1ccc(OCc2ccc(C(=O)Nc3ccn(Cc4c(F)c(F)cc(F)c4F)n3)o2)cc1. The summed E-state index contributed by atoms with van der Waals surface area (Å²) in [6, 6.07) is 11.0. The summed E-state index contributed by atoms with van der Waals surface area (Å²) in [5.41, 5.74) is -0.287. The molecule has 35 heavy (non-hydrogen) atoms. The quantitative estimate of drug-likeness (QED) is 0.212. The minimum atomic E-state index is -1.52. The van der Waals surface area contributed by atoms with Gasteiger partial charge in [-0.2, -0.15) is 5.10 Å². The Morgan fingerprint density at radius 3 is 2.34 bits per heavy atom. The van der Waals surface area contributed by atoms with Crippen LogP contribution in [0.2, 0.25) is 0 Å². The Kier molecular flexibility index (Phi) is 6.67. The summed E-state index contributed by atoms with van der Waals surface area (Å²) in [6.45, 7) is 0.890. The second-order valence-corrected chi connectivity index (χ2v) is 7.43. The van der Waals surface area contributed by atoms with Gasteiger partial charge in [0.2, 0.25) is 0 Å². The van der Waals surface area contributed by atoms with Gasteiger partial charge in [-0.3, -0.25) is 14.3 Å². The summed E-state index contributed by atoms with van der Waals surface area (Å²) in [5.74, 6) is -5.97. The molecular formula is C24H17F4N3O4. The average Bonchev–Trinajstić information content (AvgIpc) is 3.49. The molecular weight excluding hydrogens is 470 g/mol. The first-order chi connectivity index (χ1) is 16.7. The number of hydrogen-bond acceptors (Lipinski definition) is 5. The van der Waals surface area contributed by atoms with Crippen molar-refractivity contribution < 1.29 is 36.3 Å². The fourth-order valence-electron chi connectivity index (χ4n) is 3.14. The van der Waals surface area contributed by atoms with Crippen LogP contribution in [0, 0.1) is 23.3 Å². The molecule has 0 fully saturated rings. The Labute approximate surface area is 195 Å². The van der Waals surface area contributed by atoms with Gasteiger partial charge in [0.25, 0.3) is 5.91 Å². The minimum absolute atomic E-state index is 0.0208. The van der Waals surface area contributed by atoms with Crippen LogP contribution in [0.4, 0.5) is 23.4 Å². The first kappa shape index (κ1) is 23.7. The van der Waals surface area contributed by atoms with Crippen LogP contribution in [0.1, 0.15) is 39.2 Å². The number of nitrogens with zero attached hydrogens (tertiary/aromatic N) is 2. The number of benzene rings is 2. The molecule has 0 saturated carbocycles. The van der Waals surface area contributed by atoms with E-state index >= 15 is 0 Å². The molecule has 180 valence electrons. The molecule has 0 aliphatic rings. The van der Waals surface area contributed by atoms with Crippen molar-refractivity contribution in [3.8, 4) is 5.75 Å². The van der Waals surface area contributed by atoms with Crippen LogP contribution in [-0.4, -0.2) is 21.5 Å². The maximum atomic E-state index is 13.9. The molecule has 1 N–H and O–H groups in total. The van der Waals surface area contributed by atoms with Gasteiger partial charge in [0.1, 0.15) is 18.1 Å². The van der Waals surface area contributed by atoms with Crippen LogP contribution < -0.4 is 10.1 Å². The molecule has 0 saturated heterocycles. The highest BCUT2D eigenvalue weighted by atomic mass is 19.2. The smallest absolute Gasteiger partial charge is 0.292 e. The van der Waals surface area contributed by atoms with E-state index in [-0.39, 0.29) is 30.0 Å². The van der Waals surface area contributed by atoms with Gasteiger partial charge in [0.15, 0.2) is 40.6 Å². The molecule has 0 aliphatic carbocycles. The molecule has 2 heterocycles. The molecule has 0 radical (unpaired) electrons. The summed E-state index contributed by atoms with van der Waals surface area (Å²) >= 11 is 0. The molecule has 2 aromatic heterocycles. The number of ketones is 1. The first-order valence-corrected chi connectivity index (χ1v) is 10.2. The van der Waals surface area contributed by atoms with Crippen LogP contribution in [0.3, 0.4) is 0 Å². The standard InChI is InChI=1S/C24H17F4N3O4/c1-13(32)14-2-4-15(5-3-14)34-12-16-6-7-20(35-16)24(33)29-21-8-9-31(30-21)11-17-22(27)18(25)10-19(26)23(17)28/h2-10H,11-12H2,1H3,(H,29,30,33). The Balaban J connectivity index is 1.36. The summed E-state index contributed by atoms with van der Waals surface area (Å²) in [7, 11) is 0. The second-order valence-electron chi connectivity index (χ2n) is 7.43. The van der Waals surface area contributed by atoms with E-state index in [9.17, 15) is 27.2 Å². The number of Topliss-reactive ketones (excluding diaryl/α,β-unsaturated/α-hetero) is 1. The van der Waals surface area contributed by atoms with Crippen molar-refractivity contribution in [3.63, 3.8) is 0 Å². The molecule has 4 aromatic rings. The Morgan fingerprint density at radius 1 is 1.00 bits per heavy atom. The van der Waals surface area contributed by atoms with Crippen molar-refractivity contribution in [2.45, 2.75) is 20.1 Å². The van der Waals surface area contributed by atoms with E-state index < -0.39 is 41.3 Å². The van der Waals surface area contributed by atoms with Gasteiger partial charge in [0, 0.05) is 23.9 Å². The molecule has 11 heteroatoms. The minimum Gasteiger partial charge on any atom is -0.486 e. The molecule has 0 aliphatic heterocycles. The lowest BCUT2D eigenvalue weighted by Crippen LogP contribution is -2.13. The summed E-state index contributed by atoms with van der Waals surface area (Å²) < 4.78 is 66.5. The largest absolute Gasteiger partial charge is 0.486 e. The van der Waals surface area contributed by atoms with Crippen LogP contribution in [0.15, 0.2) is 59.1 Å².